The van der Waals surface area contributed by atoms with Gasteiger partial charge in [0.25, 0.3) is 5.91 Å². The van der Waals surface area contributed by atoms with Crippen LogP contribution < -0.4 is 16.0 Å². The minimum atomic E-state index is -0.107. The molecule has 0 aromatic heterocycles. The molecule has 3 rings (SSSR count). The molecule has 0 bridgehead atoms. The van der Waals surface area contributed by atoms with Crippen molar-refractivity contribution in [1.29, 1.82) is 0 Å². The first-order chi connectivity index (χ1) is 12.6. The van der Waals surface area contributed by atoms with Crippen molar-refractivity contribution in [2.45, 2.75) is 32.9 Å². The number of hydrogen-bond donors (Lipinski definition) is 3. The number of rotatable bonds is 5. The van der Waals surface area contributed by atoms with E-state index in [-0.39, 0.29) is 42.3 Å². The number of aliphatic imine (C=N–C) groups is 1. The van der Waals surface area contributed by atoms with Crippen LogP contribution in [0.4, 0.5) is 0 Å². The van der Waals surface area contributed by atoms with Crippen LogP contribution in [0.5, 0.6) is 0 Å². The van der Waals surface area contributed by atoms with Crippen LogP contribution in [-0.4, -0.2) is 54.9 Å². The molecule has 0 spiro atoms. The molecular weight excluding hydrogens is 457 g/mol. The molecule has 0 radical (unpaired) electrons. The summed E-state index contributed by atoms with van der Waals surface area (Å²) < 4.78 is 0. The van der Waals surface area contributed by atoms with Gasteiger partial charge in [-0.2, -0.15) is 0 Å². The Balaban J connectivity index is 0.00000261. The quantitative estimate of drug-likeness (QED) is 0.334. The molecule has 1 aliphatic heterocycles. The van der Waals surface area contributed by atoms with Crippen molar-refractivity contribution in [3.63, 3.8) is 0 Å². The van der Waals surface area contributed by atoms with Crippen LogP contribution in [0.3, 0.4) is 0 Å². The number of halogens is 1. The summed E-state index contributed by atoms with van der Waals surface area (Å²) in [5.74, 6) is 1.33. The summed E-state index contributed by atoms with van der Waals surface area (Å²) in [7, 11) is 0. The van der Waals surface area contributed by atoms with Crippen molar-refractivity contribution in [3.05, 3.63) is 35.4 Å². The molecule has 148 valence electrons. The van der Waals surface area contributed by atoms with Crippen molar-refractivity contribution in [3.8, 4) is 0 Å². The summed E-state index contributed by atoms with van der Waals surface area (Å²) in [5.41, 5.74) is 1.64. The van der Waals surface area contributed by atoms with Gasteiger partial charge in [-0.25, -0.2) is 4.99 Å². The Morgan fingerprint density at radius 2 is 2.04 bits per heavy atom. The van der Waals surface area contributed by atoms with Crippen molar-refractivity contribution >= 4 is 41.8 Å². The van der Waals surface area contributed by atoms with Crippen molar-refractivity contribution < 1.29 is 9.59 Å². The van der Waals surface area contributed by atoms with Gasteiger partial charge in [0.05, 0.1) is 13.1 Å². The standard InChI is InChI=1S/C19H27N5O2.HI/c1-3-20-19(23-16-10-13(16)2)22-11-14-4-6-15(7-5-14)18(26)24-9-8-21-17(25)12-24;/h4-7,13,16H,3,8-12H2,1-2H3,(H,21,25)(H2,20,22,23);1H. The average molecular weight is 485 g/mol. The fourth-order valence-electron chi connectivity index (χ4n) is 2.94. The predicted molar refractivity (Wildman–Crippen MR) is 116 cm³/mol. The first kappa shape index (κ1) is 21.5. The molecule has 7 nitrogen and oxygen atoms in total. The number of amides is 2. The highest BCUT2D eigenvalue weighted by Gasteiger charge is 2.33. The van der Waals surface area contributed by atoms with Crippen LogP contribution >= 0.6 is 24.0 Å². The highest BCUT2D eigenvalue weighted by Crippen LogP contribution is 2.28. The van der Waals surface area contributed by atoms with E-state index in [1.165, 1.54) is 6.42 Å². The molecule has 1 saturated carbocycles. The van der Waals surface area contributed by atoms with Crippen LogP contribution in [0.2, 0.25) is 0 Å². The van der Waals surface area contributed by atoms with E-state index in [9.17, 15) is 9.59 Å². The zero-order valence-electron chi connectivity index (χ0n) is 15.8. The zero-order valence-corrected chi connectivity index (χ0v) is 18.2. The van der Waals surface area contributed by atoms with Gasteiger partial charge in [0.1, 0.15) is 0 Å². The van der Waals surface area contributed by atoms with E-state index in [2.05, 4.69) is 34.8 Å². The molecule has 1 aromatic rings. The molecule has 1 aromatic carbocycles. The number of piperazine rings is 1. The Morgan fingerprint density at radius 1 is 1.33 bits per heavy atom. The number of guanidine groups is 1. The molecule has 2 unspecified atom stereocenters. The molecule has 1 aliphatic carbocycles. The third kappa shape index (κ3) is 6.08. The van der Waals surface area contributed by atoms with Crippen molar-refractivity contribution in [2.24, 2.45) is 10.9 Å². The smallest absolute Gasteiger partial charge is 0.254 e. The molecule has 2 fully saturated rings. The van der Waals surface area contributed by atoms with Crippen LogP contribution in [0.15, 0.2) is 29.3 Å². The van der Waals surface area contributed by atoms with Gasteiger partial charge >= 0.3 is 0 Å². The monoisotopic (exact) mass is 485 g/mol. The van der Waals surface area contributed by atoms with Crippen molar-refractivity contribution in [1.82, 2.24) is 20.9 Å². The predicted octanol–water partition coefficient (Wildman–Crippen LogP) is 1.34. The molecule has 2 aliphatic rings. The lowest BCUT2D eigenvalue weighted by Gasteiger charge is -2.26. The lowest BCUT2D eigenvalue weighted by atomic mass is 10.1. The minimum absolute atomic E-state index is 0. The fraction of sp³-hybridized carbons (Fsp3) is 0.526. The number of carbonyl (C=O) groups is 2. The fourth-order valence-corrected chi connectivity index (χ4v) is 2.94. The summed E-state index contributed by atoms with van der Waals surface area (Å²) in [4.78, 5) is 30.1. The minimum Gasteiger partial charge on any atom is -0.357 e. The molecule has 27 heavy (non-hydrogen) atoms. The van der Waals surface area contributed by atoms with E-state index in [4.69, 9.17) is 0 Å². The van der Waals surface area contributed by atoms with Crippen LogP contribution in [0.1, 0.15) is 36.2 Å². The Kier molecular flexibility index (Phi) is 7.88. The van der Waals surface area contributed by atoms with Crippen LogP contribution in [0, 0.1) is 5.92 Å². The molecule has 3 N–H and O–H groups in total. The van der Waals surface area contributed by atoms with Gasteiger partial charge < -0.3 is 20.9 Å². The number of benzene rings is 1. The Bertz CT molecular complexity index is 692. The number of nitrogens with one attached hydrogen (secondary N) is 3. The topological polar surface area (TPSA) is 85.8 Å². The summed E-state index contributed by atoms with van der Waals surface area (Å²) in [5, 5.41) is 9.42. The first-order valence-electron chi connectivity index (χ1n) is 9.26. The largest absolute Gasteiger partial charge is 0.357 e. The van der Waals surface area contributed by atoms with Gasteiger partial charge in [-0.05, 0) is 37.0 Å². The number of carbonyl (C=O) groups excluding carboxylic acids is 2. The second-order valence-electron chi connectivity index (χ2n) is 6.93. The SMILES string of the molecule is CCNC(=NCc1ccc(C(=O)N2CCNC(=O)C2)cc1)NC1CC1C.I. The third-order valence-electron chi connectivity index (χ3n) is 4.72. The maximum atomic E-state index is 12.5. The van der Waals surface area contributed by atoms with Gasteiger partial charge in [-0.15, -0.1) is 24.0 Å². The highest BCUT2D eigenvalue weighted by atomic mass is 127. The van der Waals surface area contributed by atoms with Gasteiger partial charge in [0.15, 0.2) is 5.96 Å². The van der Waals surface area contributed by atoms with Gasteiger partial charge in [-0.3, -0.25) is 9.59 Å². The highest BCUT2D eigenvalue weighted by molar-refractivity contribution is 14.0. The summed E-state index contributed by atoms with van der Waals surface area (Å²) >= 11 is 0. The third-order valence-corrected chi connectivity index (χ3v) is 4.72. The summed E-state index contributed by atoms with van der Waals surface area (Å²) in [6.45, 7) is 6.84. The second-order valence-corrected chi connectivity index (χ2v) is 6.93. The molecule has 1 heterocycles. The molecule has 2 amide bonds. The number of hydrogen-bond acceptors (Lipinski definition) is 3. The molecule has 2 atom stereocenters. The normalized spacial score (nSPS) is 21.8. The van der Waals surface area contributed by atoms with Gasteiger partial charge in [0, 0.05) is 31.2 Å². The van der Waals surface area contributed by atoms with Crippen molar-refractivity contribution in [2.75, 3.05) is 26.2 Å². The van der Waals surface area contributed by atoms with Crippen LogP contribution in [-0.2, 0) is 11.3 Å². The maximum Gasteiger partial charge on any atom is 0.254 e. The van der Waals surface area contributed by atoms with Gasteiger partial charge in [-0.1, -0.05) is 19.1 Å². The van der Waals surface area contributed by atoms with E-state index < -0.39 is 0 Å². The second kappa shape index (κ2) is 9.91. The molecule has 1 saturated heterocycles. The van der Waals surface area contributed by atoms with E-state index in [0.717, 1.165) is 18.1 Å². The summed E-state index contributed by atoms with van der Waals surface area (Å²) in [6.07, 6.45) is 1.19. The Hall–Kier alpha value is -1.84. The van der Waals surface area contributed by atoms with E-state index in [0.29, 0.717) is 37.2 Å². The molecule has 8 heteroatoms. The average Bonchev–Trinajstić information content (AvgIpc) is 3.34. The Morgan fingerprint density at radius 3 is 2.63 bits per heavy atom. The lowest BCUT2D eigenvalue weighted by Crippen LogP contribution is -2.49. The Labute approximate surface area is 177 Å². The van der Waals surface area contributed by atoms with Crippen LogP contribution in [0.25, 0.3) is 0 Å². The molecular formula is C19H28IN5O2. The maximum absolute atomic E-state index is 12.5. The van der Waals surface area contributed by atoms with E-state index in [1.807, 2.05) is 24.3 Å². The lowest BCUT2D eigenvalue weighted by molar-refractivity contribution is -0.123. The number of nitrogens with zero attached hydrogens (tertiary/aromatic N) is 2. The first-order valence-corrected chi connectivity index (χ1v) is 9.26. The van der Waals surface area contributed by atoms with E-state index >= 15 is 0 Å². The van der Waals surface area contributed by atoms with E-state index in [1.54, 1.807) is 4.90 Å². The zero-order chi connectivity index (χ0) is 18.5. The summed E-state index contributed by atoms with van der Waals surface area (Å²) in [6, 6.07) is 7.98. The van der Waals surface area contributed by atoms with Gasteiger partial charge in [0.2, 0.25) is 5.91 Å².